The van der Waals surface area contributed by atoms with Crippen LogP contribution in [0.15, 0.2) is 48.5 Å². The van der Waals surface area contributed by atoms with E-state index in [4.69, 9.17) is 11.5 Å². The molecule has 0 aromatic heterocycles. The number of nitrogens with two attached hydrogens (primary N) is 2. The van der Waals surface area contributed by atoms with Crippen molar-refractivity contribution >= 4 is 31.0 Å². The molecule has 0 aliphatic carbocycles. The Morgan fingerprint density at radius 2 is 0.875 bits per heavy atom. The van der Waals surface area contributed by atoms with Crippen molar-refractivity contribution in [2.45, 2.75) is 37.3 Å². The van der Waals surface area contributed by atoms with E-state index in [1.165, 1.54) is 0 Å². The first-order valence-corrected chi connectivity index (χ1v) is 14.4. The fraction of sp³-hybridized carbons (Fsp3) is 0.455. The summed E-state index contributed by atoms with van der Waals surface area (Å²) in [5.41, 5.74) is 14.9. The molecular formula is C22H28N4O4S2. The number of benzene rings is 2. The molecule has 32 heavy (non-hydrogen) atoms. The van der Waals surface area contributed by atoms with Crippen molar-refractivity contribution in [3.63, 3.8) is 0 Å². The highest BCUT2D eigenvalue weighted by atomic mass is 32.2. The van der Waals surface area contributed by atoms with E-state index < -0.39 is 19.7 Å². The third-order valence-electron chi connectivity index (χ3n) is 6.98. The SMILES string of the molecule is Nc1ccc(CN2[C@@H]3CS(=O)(=O)C[C@@H]3N(Cc3ccc(N)cc3)[C@@H]3CS(=O)(=O)C[C@@H]32)cc1. The van der Waals surface area contributed by atoms with Gasteiger partial charge in [-0.15, -0.1) is 0 Å². The number of fused-ring (bicyclic) bond motifs is 2. The van der Waals surface area contributed by atoms with Gasteiger partial charge in [-0.2, -0.15) is 0 Å². The number of anilines is 2. The lowest BCUT2D eigenvalue weighted by Crippen LogP contribution is -2.67. The fourth-order valence-electron chi connectivity index (χ4n) is 5.52. The topological polar surface area (TPSA) is 127 Å². The lowest BCUT2D eigenvalue weighted by atomic mass is 9.93. The summed E-state index contributed by atoms with van der Waals surface area (Å²) < 4.78 is 50.9. The summed E-state index contributed by atoms with van der Waals surface area (Å²) in [6, 6.07) is 14.0. The minimum atomic E-state index is -3.23. The number of nitrogens with zero attached hydrogens (tertiary/aromatic N) is 2. The van der Waals surface area contributed by atoms with Crippen molar-refractivity contribution in [3.8, 4) is 0 Å². The zero-order chi connectivity index (χ0) is 22.7. The minimum absolute atomic E-state index is 0.0497. The van der Waals surface area contributed by atoms with E-state index in [9.17, 15) is 16.8 Å². The van der Waals surface area contributed by atoms with Crippen molar-refractivity contribution < 1.29 is 16.8 Å². The molecule has 3 aliphatic heterocycles. The predicted molar refractivity (Wildman–Crippen MR) is 125 cm³/mol. The Balaban J connectivity index is 1.53. The monoisotopic (exact) mass is 476 g/mol. The zero-order valence-electron chi connectivity index (χ0n) is 17.7. The maximum Gasteiger partial charge on any atom is 0.153 e. The second kappa shape index (κ2) is 7.72. The molecule has 3 heterocycles. The summed E-state index contributed by atoms with van der Waals surface area (Å²) >= 11 is 0. The molecule has 4 N–H and O–H groups in total. The standard InChI is InChI=1S/C22H28N4O4S2/c23-17-5-1-15(2-6-17)9-25-19-11-31(27,28)13-21(19)26(10-16-3-7-18(24)8-4-16)22-14-32(29,30)12-20(22)25/h1-8,19-22H,9-14,23-24H2/t19-,20+,21+,22-. The first-order chi connectivity index (χ1) is 15.1. The minimum Gasteiger partial charge on any atom is -0.399 e. The van der Waals surface area contributed by atoms with Gasteiger partial charge >= 0.3 is 0 Å². The predicted octanol–water partition coefficient (Wildman–Crippen LogP) is 0.500. The van der Waals surface area contributed by atoms with Crippen molar-refractivity contribution in [2.75, 3.05) is 34.5 Å². The summed E-state index contributed by atoms with van der Waals surface area (Å²) in [5, 5.41) is 0. The van der Waals surface area contributed by atoms with Crippen LogP contribution in [0.3, 0.4) is 0 Å². The highest BCUT2D eigenvalue weighted by Gasteiger charge is 2.57. The van der Waals surface area contributed by atoms with E-state index in [-0.39, 0.29) is 47.2 Å². The number of hydrogen-bond donors (Lipinski definition) is 2. The largest absolute Gasteiger partial charge is 0.399 e. The van der Waals surface area contributed by atoms with Crippen LogP contribution in [0.5, 0.6) is 0 Å². The van der Waals surface area contributed by atoms with Crippen molar-refractivity contribution in [2.24, 2.45) is 0 Å². The molecule has 0 amide bonds. The fourth-order valence-corrected chi connectivity index (χ4v) is 9.52. The van der Waals surface area contributed by atoms with Gasteiger partial charge in [-0.05, 0) is 35.4 Å². The van der Waals surface area contributed by atoms with Gasteiger partial charge in [0.25, 0.3) is 0 Å². The first-order valence-electron chi connectivity index (χ1n) is 10.7. The average Bonchev–Trinajstić information content (AvgIpc) is 3.22. The van der Waals surface area contributed by atoms with Crippen LogP contribution in [0.4, 0.5) is 11.4 Å². The maximum absolute atomic E-state index is 12.7. The Morgan fingerprint density at radius 1 is 0.594 bits per heavy atom. The van der Waals surface area contributed by atoms with E-state index in [2.05, 4.69) is 9.80 Å². The van der Waals surface area contributed by atoms with Crippen LogP contribution < -0.4 is 11.5 Å². The number of nitrogen functional groups attached to an aromatic ring is 2. The lowest BCUT2D eigenvalue weighted by Gasteiger charge is -2.51. The van der Waals surface area contributed by atoms with Crippen LogP contribution in [-0.4, -0.2) is 73.8 Å². The van der Waals surface area contributed by atoms with Crippen LogP contribution in [0.1, 0.15) is 11.1 Å². The Kier molecular flexibility index (Phi) is 5.23. The van der Waals surface area contributed by atoms with Gasteiger partial charge in [-0.3, -0.25) is 9.80 Å². The Hall–Kier alpha value is -2.14. The van der Waals surface area contributed by atoms with E-state index in [0.717, 1.165) is 11.1 Å². The Labute approximate surface area is 189 Å². The van der Waals surface area contributed by atoms with Gasteiger partial charge in [0.05, 0.1) is 23.0 Å². The summed E-state index contributed by atoms with van der Waals surface area (Å²) in [5.74, 6) is 0.199. The molecule has 2 aromatic carbocycles. The number of sulfone groups is 2. The lowest BCUT2D eigenvalue weighted by molar-refractivity contribution is -0.0341. The highest BCUT2D eigenvalue weighted by molar-refractivity contribution is 7.92. The van der Waals surface area contributed by atoms with Crippen molar-refractivity contribution in [1.29, 1.82) is 0 Å². The van der Waals surface area contributed by atoms with Crippen LogP contribution in [-0.2, 0) is 32.8 Å². The van der Waals surface area contributed by atoms with Crippen LogP contribution in [0, 0.1) is 0 Å². The second-order valence-electron chi connectivity index (χ2n) is 9.25. The van der Waals surface area contributed by atoms with E-state index in [1.54, 1.807) is 0 Å². The summed E-state index contributed by atoms with van der Waals surface area (Å²) in [4.78, 5) is 4.27. The summed E-state index contributed by atoms with van der Waals surface area (Å²) in [6.45, 7) is 1.01. The van der Waals surface area contributed by atoms with Crippen LogP contribution in [0.25, 0.3) is 0 Å². The average molecular weight is 477 g/mol. The molecular weight excluding hydrogens is 448 g/mol. The van der Waals surface area contributed by atoms with E-state index in [0.29, 0.717) is 24.5 Å². The van der Waals surface area contributed by atoms with Gasteiger partial charge in [0.2, 0.25) is 0 Å². The molecule has 0 bridgehead atoms. The Bertz CT molecular complexity index is 1080. The summed E-state index contributed by atoms with van der Waals surface area (Å²) in [7, 11) is -6.45. The molecule has 3 aliphatic rings. The van der Waals surface area contributed by atoms with Crippen molar-refractivity contribution in [1.82, 2.24) is 9.80 Å². The van der Waals surface area contributed by atoms with Gasteiger partial charge in [0, 0.05) is 48.6 Å². The molecule has 5 rings (SSSR count). The Morgan fingerprint density at radius 3 is 1.16 bits per heavy atom. The molecule has 8 nitrogen and oxygen atoms in total. The molecule has 0 spiro atoms. The normalized spacial score (nSPS) is 31.2. The molecule has 0 radical (unpaired) electrons. The van der Waals surface area contributed by atoms with E-state index >= 15 is 0 Å². The van der Waals surface area contributed by atoms with Gasteiger partial charge in [0.1, 0.15) is 0 Å². The van der Waals surface area contributed by atoms with Crippen molar-refractivity contribution in [3.05, 3.63) is 59.7 Å². The summed E-state index contributed by atoms with van der Waals surface area (Å²) in [6.07, 6.45) is 0. The molecule has 4 atom stereocenters. The molecule has 3 fully saturated rings. The number of rotatable bonds is 4. The second-order valence-corrected chi connectivity index (χ2v) is 13.6. The van der Waals surface area contributed by atoms with Gasteiger partial charge in [-0.1, -0.05) is 24.3 Å². The first kappa shape index (κ1) is 21.7. The van der Waals surface area contributed by atoms with Gasteiger partial charge in [0.15, 0.2) is 19.7 Å². The van der Waals surface area contributed by atoms with Crippen LogP contribution >= 0.6 is 0 Å². The smallest absolute Gasteiger partial charge is 0.153 e. The maximum atomic E-state index is 12.7. The quantitative estimate of drug-likeness (QED) is 0.611. The number of hydrogen-bond acceptors (Lipinski definition) is 8. The molecule has 0 saturated carbocycles. The molecule has 3 saturated heterocycles. The van der Waals surface area contributed by atoms with E-state index in [1.807, 2.05) is 48.5 Å². The highest BCUT2D eigenvalue weighted by Crippen LogP contribution is 2.39. The van der Waals surface area contributed by atoms with Gasteiger partial charge < -0.3 is 11.5 Å². The molecule has 0 unspecified atom stereocenters. The molecule has 2 aromatic rings. The number of piperazine rings is 1. The third-order valence-corrected chi connectivity index (χ3v) is 10.4. The zero-order valence-corrected chi connectivity index (χ0v) is 19.3. The van der Waals surface area contributed by atoms with Crippen LogP contribution in [0.2, 0.25) is 0 Å². The molecule has 172 valence electrons. The van der Waals surface area contributed by atoms with Gasteiger partial charge in [-0.25, -0.2) is 16.8 Å². The molecule has 10 heteroatoms. The third kappa shape index (κ3) is 4.12.